The van der Waals surface area contributed by atoms with E-state index in [1.165, 1.54) is 12.0 Å². The highest BCUT2D eigenvalue weighted by molar-refractivity contribution is 5.86. The maximum absolute atomic E-state index is 13.4. The van der Waals surface area contributed by atoms with Crippen molar-refractivity contribution in [2.45, 2.75) is 90.3 Å². The maximum atomic E-state index is 13.4. The number of benzene rings is 2. The first-order valence-electron chi connectivity index (χ1n) is 14.9. The quantitative estimate of drug-likeness (QED) is 0.189. The molecule has 2 aromatic carbocycles. The Morgan fingerprint density at radius 1 is 0.795 bits per heavy atom. The number of methoxy groups -OCH3 is 1. The summed E-state index contributed by atoms with van der Waals surface area (Å²) in [5.41, 5.74) is 0.334. The molecule has 2 rings (SSSR count). The van der Waals surface area contributed by atoms with Crippen molar-refractivity contribution in [1.82, 2.24) is 20.9 Å². The molecule has 44 heavy (non-hydrogen) atoms. The van der Waals surface area contributed by atoms with Gasteiger partial charge in [-0.3, -0.25) is 9.69 Å². The SMILES string of the molecule is COC(=O)N[C@H](C(=O)N[C@@H](Cc1ccccc1)[C@H](O)CNC[C@@H](O)[C@H](Cc1ccccc1)N(C(=O)O)C(C)(C)C)C(C)(C)C. The van der Waals surface area contributed by atoms with Gasteiger partial charge in [-0.05, 0) is 50.2 Å². The van der Waals surface area contributed by atoms with Gasteiger partial charge in [0, 0.05) is 18.6 Å². The van der Waals surface area contributed by atoms with Crippen molar-refractivity contribution in [1.29, 1.82) is 0 Å². The van der Waals surface area contributed by atoms with Crippen LogP contribution in [0, 0.1) is 5.41 Å². The van der Waals surface area contributed by atoms with Crippen molar-refractivity contribution in [3.05, 3.63) is 71.8 Å². The number of nitrogens with one attached hydrogen (secondary N) is 3. The van der Waals surface area contributed by atoms with Crippen molar-refractivity contribution >= 4 is 18.1 Å². The molecule has 0 radical (unpaired) electrons. The Morgan fingerprint density at radius 3 is 1.75 bits per heavy atom. The minimum Gasteiger partial charge on any atom is -0.465 e. The van der Waals surface area contributed by atoms with Gasteiger partial charge in [0.25, 0.3) is 0 Å². The fourth-order valence-electron chi connectivity index (χ4n) is 5.11. The molecule has 3 amide bonds. The highest BCUT2D eigenvalue weighted by Gasteiger charge is 2.38. The van der Waals surface area contributed by atoms with Gasteiger partial charge in [-0.1, -0.05) is 81.4 Å². The van der Waals surface area contributed by atoms with Gasteiger partial charge in [0.1, 0.15) is 6.04 Å². The second kappa shape index (κ2) is 16.4. The van der Waals surface area contributed by atoms with E-state index in [0.717, 1.165) is 11.1 Å². The van der Waals surface area contributed by atoms with Crippen LogP contribution < -0.4 is 16.0 Å². The molecule has 6 N–H and O–H groups in total. The second-order valence-electron chi connectivity index (χ2n) is 13.1. The number of alkyl carbamates (subject to hydrolysis) is 1. The first kappa shape index (κ1) is 36.5. The average Bonchev–Trinajstić information content (AvgIpc) is 2.94. The minimum absolute atomic E-state index is 0.000100. The normalized spacial score (nSPS) is 15.3. The molecule has 0 aliphatic rings. The van der Waals surface area contributed by atoms with Crippen LogP contribution in [0.3, 0.4) is 0 Å². The van der Waals surface area contributed by atoms with Gasteiger partial charge in [0.15, 0.2) is 0 Å². The number of hydrogen-bond acceptors (Lipinski definition) is 7. The van der Waals surface area contributed by atoms with Crippen LogP contribution in [0.2, 0.25) is 0 Å². The number of ether oxygens (including phenoxy) is 1. The van der Waals surface area contributed by atoms with Crippen molar-refractivity contribution in [2.24, 2.45) is 5.41 Å². The second-order valence-corrected chi connectivity index (χ2v) is 13.1. The molecule has 0 unspecified atom stereocenters. The lowest BCUT2D eigenvalue weighted by Gasteiger charge is -2.42. The van der Waals surface area contributed by atoms with Crippen molar-refractivity contribution in [3.63, 3.8) is 0 Å². The van der Waals surface area contributed by atoms with Gasteiger partial charge in [0.2, 0.25) is 5.91 Å². The molecule has 0 spiro atoms. The smallest absolute Gasteiger partial charge is 0.408 e. The highest BCUT2D eigenvalue weighted by Crippen LogP contribution is 2.23. The van der Waals surface area contributed by atoms with Crippen LogP contribution >= 0.6 is 0 Å². The molecule has 0 saturated carbocycles. The third-order valence-corrected chi connectivity index (χ3v) is 7.37. The molecule has 244 valence electrons. The van der Waals surface area contributed by atoms with Gasteiger partial charge in [-0.2, -0.15) is 0 Å². The van der Waals surface area contributed by atoms with E-state index in [1.54, 1.807) is 20.8 Å². The summed E-state index contributed by atoms with van der Waals surface area (Å²) >= 11 is 0. The number of aliphatic hydroxyl groups excluding tert-OH is 2. The summed E-state index contributed by atoms with van der Waals surface area (Å²) < 4.78 is 4.71. The molecule has 0 aliphatic carbocycles. The van der Waals surface area contributed by atoms with E-state index in [2.05, 4.69) is 16.0 Å². The number of nitrogens with zero attached hydrogens (tertiary/aromatic N) is 1. The van der Waals surface area contributed by atoms with E-state index in [-0.39, 0.29) is 13.1 Å². The van der Waals surface area contributed by atoms with Crippen molar-refractivity contribution in [3.8, 4) is 0 Å². The van der Waals surface area contributed by atoms with Gasteiger partial charge in [-0.15, -0.1) is 0 Å². The van der Waals surface area contributed by atoms with Crippen LogP contribution in [-0.4, -0.2) is 94.4 Å². The van der Waals surface area contributed by atoms with E-state index in [0.29, 0.717) is 12.8 Å². The predicted octanol–water partition coefficient (Wildman–Crippen LogP) is 3.19. The number of carbonyl (C=O) groups excluding carboxylic acids is 2. The van der Waals surface area contributed by atoms with Crippen LogP contribution in [-0.2, 0) is 22.4 Å². The molecule has 0 aromatic heterocycles. The molecule has 11 nitrogen and oxygen atoms in total. The predicted molar refractivity (Wildman–Crippen MR) is 169 cm³/mol. The summed E-state index contributed by atoms with van der Waals surface area (Å²) in [7, 11) is 1.22. The fraction of sp³-hybridized carbons (Fsp3) is 0.545. The summed E-state index contributed by atoms with van der Waals surface area (Å²) in [6, 6.07) is 16.3. The lowest BCUT2D eigenvalue weighted by molar-refractivity contribution is -0.127. The van der Waals surface area contributed by atoms with Crippen LogP contribution in [0.1, 0.15) is 52.7 Å². The highest BCUT2D eigenvalue weighted by atomic mass is 16.5. The van der Waals surface area contributed by atoms with Crippen LogP contribution in [0.4, 0.5) is 9.59 Å². The molecule has 0 fully saturated rings. The summed E-state index contributed by atoms with van der Waals surface area (Å²) in [4.78, 5) is 39.0. The standard InChI is InChI=1S/C33H50N4O7/c1-32(2,3)28(36-30(41)44-7)29(40)35-24(18-22-14-10-8-11-15-22)26(38)20-34-21-27(39)25(19-23-16-12-9-13-17-23)37(31(42)43)33(4,5)6/h8-17,24-28,34,38-39H,18-21H2,1-7H3,(H,35,40)(H,36,41)(H,42,43)/t24-,25-,26+,27+,28+/m0/s1. The first-order valence-corrected chi connectivity index (χ1v) is 14.9. The average molecular weight is 615 g/mol. The molecule has 0 saturated heterocycles. The summed E-state index contributed by atoms with van der Waals surface area (Å²) in [6.07, 6.45) is -3.47. The topological polar surface area (TPSA) is 160 Å². The van der Waals surface area contributed by atoms with Crippen molar-refractivity contribution < 1.29 is 34.4 Å². The van der Waals surface area contributed by atoms with Gasteiger partial charge in [-0.25, -0.2) is 9.59 Å². The Bertz CT molecular complexity index is 1180. The molecule has 2 aromatic rings. The number of carbonyl (C=O) groups is 3. The van der Waals surface area contributed by atoms with E-state index >= 15 is 0 Å². The maximum Gasteiger partial charge on any atom is 0.408 e. The molecule has 0 aliphatic heterocycles. The fourth-order valence-corrected chi connectivity index (χ4v) is 5.11. The lowest BCUT2D eigenvalue weighted by Crippen LogP contribution is -2.59. The molecule has 0 heterocycles. The third kappa shape index (κ3) is 11.4. The number of aliphatic hydroxyl groups is 2. The Hall–Kier alpha value is -3.67. The molecular weight excluding hydrogens is 564 g/mol. The number of carboxylic acid groups (broad SMARTS) is 1. The zero-order chi connectivity index (χ0) is 33.1. The number of rotatable bonds is 14. The van der Waals surface area contributed by atoms with Gasteiger partial charge in [0.05, 0.1) is 31.4 Å². The summed E-state index contributed by atoms with van der Waals surface area (Å²) in [5.74, 6) is -0.479. The Kier molecular flexibility index (Phi) is 13.6. The van der Waals surface area contributed by atoms with Crippen LogP contribution in [0.25, 0.3) is 0 Å². The zero-order valence-electron chi connectivity index (χ0n) is 26.9. The van der Waals surface area contributed by atoms with Crippen LogP contribution in [0.15, 0.2) is 60.7 Å². The molecular formula is C33H50N4O7. The Balaban J connectivity index is 2.21. The summed E-state index contributed by atoms with van der Waals surface area (Å²) in [6.45, 7) is 10.8. The van der Waals surface area contributed by atoms with E-state index in [9.17, 15) is 29.7 Å². The Labute approximate surface area is 261 Å². The first-order chi connectivity index (χ1) is 20.5. The minimum atomic E-state index is -1.14. The van der Waals surface area contributed by atoms with Crippen LogP contribution in [0.5, 0.6) is 0 Å². The van der Waals surface area contributed by atoms with Gasteiger partial charge >= 0.3 is 12.2 Å². The van der Waals surface area contributed by atoms with E-state index in [4.69, 9.17) is 4.74 Å². The van der Waals surface area contributed by atoms with E-state index < -0.39 is 59.4 Å². The molecule has 0 bridgehead atoms. The molecule has 11 heteroatoms. The largest absolute Gasteiger partial charge is 0.465 e. The van der Waals surface area contributed by atoms with E-state index in [1.807, 2.05) is 81.4 Å². The number of hydrogen-bond donors (Lipinski definition) is 6. The lowest BCUT2D eigenvalue weighted by atomic mass is 9.85. The third-order valence-electron chi connectivity index (χ3n) is 7.37. The monoisotopic (exact) mass is 614 g/mol. The molecule has 5 atom stereocenters. The van der Waals surface area contributed by atoms with Crippen molar-refractivity contribution in [2.75, 3.05) is 20.2 Å². The zero-order valence-corrected chi connectivity index (χ0v) is 26.9. The van der Waals surface area contributed by atoms with Gasteiger partial charge < -0.3 is 36.0 Å². The summed E-state index contributed by atoms with van der Waals surface area (Å²) in [5, 5.41) is 41.2. The Morgan fingerprint density at radius 2 is 1.30 bits per heavy atom. The number of amides is 3.